The van der Waals surface area contributed by atoms with Crippen LogP contribution in [0.25, 0.3) is 0 Å². The molecule has 0 bridgehead atoms. The molecule has 0 spiro atoms. The Labute approximate surface area is 59.0 Å². The van der Waals surface area contributed by atoms with E-state index < -0.39 is 5.91 Å². The smallest absolute Gasteiger partial charge is 0.248 e. The Morgan fingerprint density at radius 3 is 2.33 bits per heavy atom. The lowest BCUT2D eigenvalue weighted by Crippen LogP contribution is -2.11. The normalized spacial score (nSPS) is 11.1. The van der Waals surface area contributed by atoms with E-state index in [9.17, 15) is 4.79 Å². The van der Waals surface area contributed by atoms with E-state index in [1.165, 1.54) is 6.08 Å². The molecular formula is C6H8ClNO. The van der Waals surface area contributed by atoms with E-state index in [1.54, 1.807) is 6.92 Å². The van der Waals surface area contributed by atoms with Gasteiger partial charge in [-0.15, -0.1) is 0 Å². The van der Waals surface area contributed by atoms with Crippen molar-refractivity contribution in [2.24, 2.45) is 5.73 Å². The molecule has 0 aliphatic carbocycles. The van der Waals surface area contributed by atoms with E-state index in [1.807, 2.05) is 0 Å². The molecule has 0 fully saturated rings. The van der Waals surface area contributed by atoms with Crippen molar-refractivity contribution in [3.8, 4) is 0 Å². The molecule has 0 unspecified atom stereocenters. The monoisotopic (exact) mass is 145 g/mol. The largest absolute Gasteiger partial charge is 0.366 e. The van der Waals surface area contributed by atoms with E-state index >= 15 is 0 Å². The highest BCUT2D eigenvalue weighted by Crippen LogP contribution is 2.02. The van der Waals surface area contributed by atoms with Crippen molar-refractivity contribution in [3.05, 3.63) is 23.3 Å². The maximum Gasteiger partial charge on any atom is 0.248 e. The van der Waals surface area contributed by atoms with Crippen LogP contribution in [0.3, 0.4) is 0 Å². The minimum absolute atomic E-state index is 0.225. The third-order valence-electron chi connectivity index (χ3n) is 0.690. The van der Waals surface area contributed by atoms with Crippen molar-refractivity contribution in [1.29, 1.82) is 0 Å². The molecule has 0 saturated heterocycles. The van der Waals surface area contributed by atoms with Gasteiger partial charge in [-0.25, -0.2) is 0 Å². The van der Waals surface area contributed by atoms with Gasteiger partial charge < -0.3 is 5.73 Å². The fourth-order valence-electron chi connectivity index (χ4n) is 0.311. The number of hydrogen-bond donors (Lipinski definition) is 1. The Morgan fingerprint density at radius 1 is 1.78 bits per heavy atom. The van der Waals surface area contributed by atoms with Gasteiger partial charge in [0.05, 0.1) is 0 Å². The summed E-state index contributed by atoms with van der Waals surface area (Å²) in [5.41, 5.74) is 5.07. The number of hydrogen-bond acceptors (Lipinski definition) is 1. The minimum atomic E-state index is -0.546. The maximum atomic E-state index is 10.3. The molecule has 0 rings (SSSR count). The second-order valence-corrected chi connectivity index (χ2v) is 2.22. The van der Waals surface area contributed by atoms with Crippen LogP contribution in [0.5, 0.6) is 0 Å². The van der Waals surface area contributed by atoms with Crippen molar-refractivity contribution in [1.82, 2.24) is 0 Å². The quantitative estimate of drug-likeness (QED) is 0.460. The van der Waals surface area contributed by atoms with Crippen LogP contribution < -0.4 is 5.73 Å². The molecule has 9 heavy (non-hydrogen) atoms. The average molecular weight is 146 g/mol. The molecule has 0 aliphatic heterocycles. The second kappa shape index (κ2) is 3.30. The molecule has 0 atom stereocenters. The van der Waals surface area contributed by atoms with Crippen molar-refractivity contribution in [2.45, 2.75) is 6.92 Å². The SMILES string of the molecule is C=C(/C=C(\C)Cl)C(N)=O. The molecule has 2 nitrogen and oxygen atoms in total. The molecule has 0 aromatic carbocycles. The van der Waals surface area contributed by atoms with E-state index in [2.05, 4.69) is 6.58 Å². The number of rotatable bonds is 2. The summed E-state index contributed by atoms with van der Waals surface area (Å²) in [7, 11) is 0. The van der Waals surface area contributed by atoms with Crippen LogP contribution in [0.1, 0.15) is 6.92 Å². The lowest BCUT2D eigenvalue weighted by atomic mass is 10.3. The molecule has 1 amide bonds. The van der Waals surface area contributed by atoms with Gasteiger partial charge in [-0.3, -0.25) is 4.79 Å². The van der Waals surface area contributed by atoms with Crippen LogP contribution in [0.4, 0.5) is 0 Å². The van der Waals surface area contributed by atoms with Crippen molar-refractivity contribution in [3.63, 3.8) is 0 Å². The first-order valence-corrected chi connectivity index (χ1v) is 2.74. The summed E-state index contributed by atoms with van der Waals surface area (Å²) in [6, 6.07) is 0. The van der Waals surface area contributed by atoms with Crippen LogP contribution in [-0.4, -0.2) is 5.91 Å². The molecule has 50 valence electrons. The number of nitrogens with two attached hydrogens (primary N) is 1. The molecule has 0 radical (unpaired) electrons. The molecule has 2 N–H and O–H groups in total. The molecule has 0 heterocycles. The predicted octanol–water partition coefficient (Wildman–Crippen LogP) is 1.17. The first kappa shape index (κ1) is 8.24. The molecule has 3 heteroatoms. The van der Waals surface area contributed by atoms with E-state index in [0.29, 0.717) is 5.03 Å². The summed E-state index contributed by atoms with van der Waals surface area (Å²) in [4.78, 5) is 10.3. The van der Waals surface area contributed by atoms with E-state index in [0.717, 1.165) is 0 Å². The Hall–Kier alpha value is -0.760. The summed E-state index contributed by atoms with van der Waals surface area (Å²) in [6.07, 6.45) is 1.42. The topological polar surface area (TPSA) is 43.1 Å². The standard InChI is InChI=1S/C6H8ClNO/c1-4(6(8)9)3-5(2)7/h3H,1H2,2H3,(H2,8,9)/b5-3+. The molecule has 0 aromatic heterocycles. The summed E-state index contributed by atoms with van der Waals surface area (Å²) in [6.45, 7) is 5.01. The zero-order valence-corrected chi connectivity index (χ0v) is 5.90. The number of halogens is 1. The molecular weight excluding hydrogens is 138 g/mol. The highest BCUT2D eigenvalue weighted by molar-refractivity contribution is 6.29. The molecule has 0 saturated carbocycles. The first-order valence-electron chi connectivity index (χ1n) is 2.36. The van der Waals surface area contributed by atoms with Crippen LogP contribution in [0.2, 0.25) is 0 Å². The zero-order chi connectivity index (χ0) is 7.44. The average Bonchev–Trinajstić information content (AvgIpc) is 1.63. The Morgan fingerprint density at radius 2 is 2.22 bits per heavy atom. The number of carbonyl (C=O) groups excluding carboxylic acids is 1. The van der Waals surface area contributed by atoms with Crippen LogP contribution >= 0.6 is 11.6 Å². The lowest BCUT2D eigenvalue weighted by molar-refractivity contribution is -0.114. The van der Waals surface area contributed by atoms with Gasteiger partial charge in [0.2, 0.25) is 5.91 Å². The molecule has 0 aromatic rings. The van der Waals surface area contributed by atoms with Gasteiger partial charge in [-0.1, -0.05) is 18.2 Å². The van der Waals surface area contributed by atoms with Gasteiger partial charge in [0.1, 0.15) is 0 Å². The van der Waals surface area contributed by atoms with E-state index in [-0.39, 0.29) is 5.57 Å². The van der Waals surface area contributed by atoms with Crippen molar-refractivity contribution < 1.29 is 4.79 Å². The fourth-order valence-corrected chi connectivity index (χ4v) is 0.443. The van der Waals surface area contributed by atoms with E-state index in [4.69, 9.17) is 17.3 Å². The third-order valence-corrected chi connectivity index (χ3v) is 0.799. The highest BCUT2D eigenvalue weighted by Gasteiger charge is 1.95. The summed E-state index contributed by atoms with van der Waals surface area (Å²) in [5.74, 6) is -0.546. The van der Waals surface area contributed by atoms with Crippen molar-refractivity contribution in [2.75, 3.05) is 0 Å². The van der Waals surface area contributed by atoms with Crippen molar-refractivity contribution >= 4 is 17.5 Å². The number of amides is 1. The molecule has 0 aliphatic rings. The summed E-state index contributed by atoms with van der Waals surface area (Å²) in [5, 5.41) is 0.499. The zero-order valence-electron chi connectivity index (χ0n) is 5.15. The van der Waals surface area contributed by atoms with Gasteiger partial charge in [0, 0.05) is 10.6 Å². The Kier molecular flexibility index (Phi) is 3.02. The highest BCUT2D eigenvalue weighted by atomic mass is 35.5. The summed E-state index contributed by atoms with van der Waals surface area (Å²) < 4.78 is 0. The van der Waals surface area contributed by atoms with Gasteiger partial charge in [0.25, 0.3) is 0 Å². The maximum absolute atomic E-state index is 10.3. The Balaban J connectivity index is 4.09. The van der Waals surface area contributed by atoms with Crippen LogP contribution in [-0.2, 0) is 4.79 Å². The Bertz CT molecular complexity index is 168. The lowest BCUT2D eigenvalue weighted by Gasteiger charge is -1.89. The van der Waals surface area contributed by atoms with Crippen LogP contribution in [0, 0.1) is 0 Å². The van der Waals surface area contributed by atoms with Crippen LogP contribution in [0.15, 0.2) is 23.3 Å². The number of carbonyl (C=O) groups is 1. The first-order chi connectivity index (χ1) is 4.04. The van der Waals surface area contributed by atoms with Gasteiger partial charge in [-0.2, -0.15) is 0 Å². The van der Waals surface area contributed by atoms with Gasteiger partial charge in [-0.05, 0) is 13.0 Å². The number of allylic oxidation sites excluding steroid dienone is 1. The number of primary amides is 1. The third kappa shape index (κ3) is 3.79. The minimum Gasteiger partial charge on any atom is -0.366 e. The summed E-state index contributed by atoms with van der Waals surface area (Å²) >= 11 is 5.41. The second-order valence-electron chi connectivity index (χ2n) is 1.62. The van der Waals surface area contributed by atoms with Gasteiger partial charge in [0.15, 0.2) is 0 Å². The van der Waals surface area contributed by atoms with Gasteiger partial charge >= 0.3 is 0 Å². The predicted molar refractivity (Wildman–Crippen MR) is 37.9 cm³/mol. The fraction of sp³-hybridized carbons (Fsp3) is 0.167.